The Labute approximate surface area is 223 Å². The summed E-state index contributed by atoms with van der Waals surface area (Å²) in [5, 5.41) is 11.0. The first-order valence-electron chi connectivity index (χ1n) is 14.7. The van der Waals surface area contributed by atoms with E-state index in [0.29, 0.717) is 19.3 Å². The van der Waals surface area contributed by atoms with E-state index in [4.69, 9.17) is 23.7 Å². The van der Waals surface area contributed by atoms with Gasteiger partial charge in [0.2, 0.25) is 0 Å². The van der Waals surface area contributed by atoms with E-state index < -0.39 is 6.10 Å². The third-order valence-electron chi connectivity index (χ3n) is 7.78. The number of aliphatic hydroxyl groups is 1. The third kappa shape index (κ3) is 10.8. The maximum atomic E-state index is 11.4. The second-order valence-electron chi connectivity index (χ2n) is 10.7. The van der Waals surface area contributed by atoms with Crippen molar-refractivity contribution in [3.05, 3.63) is 24.3 Å². The molecule has 2 heterocycles. The highest BCUT2D eigenvalue weighted by atomic mass is 16.7. The van der Waals surface area contributed by atoms with Gasteiger partial charge in [0.1, 0.15) is 0 Å². The number of allylic oxidation sites excluding steroid dienone is 2. The van der Waals surface area contributed by atoms with Gasteiger partial charge in [-0.1, -0.05) is 50.5 Å². The number of aliphatic hydroxyl groups excluding tert-OH is 1. The summed E-state index contributed by atoms with van der Waals surface area (Å²) in [5.74, 6) is -0.0971. The summed E-state index contributed by atoms with van der Waals surface area (Å²) in [4.78, 5) is 11.4. The van der Waals surface area contributed by atoms with Gasteiger partial charge in [-0.05, 0) is 63.7 Å². The van der Waals surface area contributed by atoms with Crippen LogP contribution in [0.1, 0.15) is 96.8 Å². The fourth-order valence-corrected chi connectivity index (χ4v) is 5.59. The summed E-state index contributed by atoms with van der Waals surface area (Å²) in [6, 6.07) is 0. The summed E-state index contributed by atoms with van der Waals surface area (Å²) < 4.78 is 29.3. The van der Waals surface area contributed by atoms with E-state index in [-0.39, 0.29) is 42.6 Å². The van der Waals surface area contributed by atoms with E-state index in [1.165, 1.54) is 20.0 Å². The summed E-state index contributed by atoms with van der Waals surface area (Å²) in [6.45, 7) is 3.72. The van der Waals surface area contributed by atoms with Crippen molar-refractivity contribution in [2.75, 3.05) is 20.3 Å². The van der Waals surface area contributed by atoms with E-state index in [9.17, 15) is 9.90 Å². The number of ether oxygens (including phenoxy) is 5. The lowest BCUT2D eigenvalue weighted by Gasteiger charge is -2.30. The van der Waals surface area contributed by atoms with Gasteiger partial charge in [0.25, 0.3) is 0 Å². The molecule has 3 fully saturated rings. The molecule has 0 amide bonds. The van der Waals surface area contributed by atoms with Crippen molar-refractivity contribution in [2.45, 2.75) is 128 Å². The van der Waals surface area contributed by atoms with E-state index in [1.54, 1.807) is 0 Å². The molecule has 1 saturated carbocycles. The number of carbonyl (C=O) groups excluding carboxylic acids is 1. The molecule has 1 N–H and O–H groups in total. The lowest BCUT2D eigenvalue weighted by molar-refractivity contribution is -0.193. The van der Waals surface area contributed by atoms with Gasteiger partial charge in [0, 0.05) is 32.0 Å². The van der Waals surface area contributed by atoms with E-state index in [1.807, 2.05) is 6.08 Å². The van der Waals surface area contributed by atoms with Crippen LogP contribution in [-0.4, -0.2) is 62.3 Å². The van der Waals surface area contributed by atoms with Crippen LogP contribution in [0.5, 0.6) is 0 Å². The molecular weight excluding hydrogens is 472 g/mol. The zero-order valence-electron chi connectivity index (χ0n) is 23.1. The first kappa shape index (κ1) is 30.3. The fourth-order valence-electron chi connectivity index (χ4n) is 5.59. The predicted molar refractivity (Wildman–Crippen MR) is 143 cm³/mol. The Bertz CT molecular complexity index is 681. The number of hydrogen-bond acceptors (Lipinski definition) is 7. The molecule has 3 unspecified atom stereocenters. The molecule has 0 spiro atoms. The predicted octanol–water partition coefficient (Wildman–Crippen LogP) is 5.84. The number of carbonyl (C=O) groups is 1. The fraction of sp³-hybridized carbons (Fsp3) is 0.833. The van der Waals surface area contributed by atoms with Crippen LogP contribution in [0, 0.1) is 11.8 Å². The molecule has 0 radical (unpaired) electrons. The molecule has 7 heteroatoms. The van der Waals surface area contributed by atoms with Gasteiger partial charge in [-0.25, -0.2) is 0 Å². The van der Waals surface area contributed by atoms with E-state index in [0.717, 1.165) is 71.0 Å². The minimum atomic E-state index is -0.449. The summed E-state index contributed by atoms with van der Waals surface area (Å²) in [7, 11) is 1.41. The first-order valence-corrected chi connectivity index (χ1v) is 14.7. The number of methoxy groups -OCH3 is 1. The SMILES string of the molecule is CCCCCC(C=C[C@@H]1[C@@H](CC=CCCC(=O)OC)[C@@H](O)C[C@H]1OC1CCCCO1)OC1CCCCO1. The normalized spacial score (nSPS) is 31.8. The van der Waals surface area contributed by atoms with Crippen molar-refractivity contribution >= 4 is 5.97 Å². The van der Waals surface area contributed by atoms with Crippen LogP contribution in [0.2, 0.25) is 0 Å². The summed E-state index contributed by atoms with van der Waals surface area (Å²) >= 11 is 0. The molecule has 7 atom stereocenters. The zero-order chi connectivity index (χ0) is 26.3. The molecule has 3 aliphatic rings. The molecule has 0 aromatic rings. The molecule has 3 rings (SSSR count). The third-order valence-corrected chi connectivity index (χ3v) is 7.78. The number of hydrogen-bond donors (Lipinski definition) is 1. The highest BCUT2D eigenvalue weighted by molar-refractivity contribution is 5.69. The largest absolute Gasteiger partial charge is 0.469 e. The molecule has 0 bridgehead atoms. The molecule has 2 saturated heterocycles. The summed E-state index contributed by atoms with van der Waals surface area (Å²) in [5.41, 5.74) is 0. The standard InChI is InChI=1S/C30H50O7/c1-3-4-6-13-23(36-29-16-9-11-20-34-29)18-19-25-24(14-7-5-8-15-28(32)33-2)26(31)22-27(25)37-30-17-10-12-21-35-30/h5,7,18-19,23-27,29-31H,3-4,6,8-17,20-22H2,1-2H3/t23?,24-,25-,26+,27-,29?,30?/m1/s1. The van der Waals surface area contributed by atoms with Gasteiger partial charge in [-0.2, -0.15) is 0 Å². The highest BCUT2D eigenvalue weighted by Crippen LogP contribution is 2.39. The average molecular weight is 523 g/mol. The Morgan fingerprint density at radius 3 is 2.49 bits per heavy atom. The van der Waals surface area contributed by atoms with Crippen molar-refractivity contribution in [1.82, 2.24) is 0 Å². The lowest BCUT2D eigenvalue weighted by Crippen LogP contribution is -2.31. The van der Waals surface area contributed by atoms with E-state index >= 15 is 0 Å². The van der Waals surface area contributed by atoms with Crippen LogP contribution in [0.25, 0.3) is 0 Å². The quantitative estimate of drug-likeness (QED) is 0.164. The second-order valence-corrected chi connectivity index (χ2v) is 10.7. The molecule has 37 heavy (non-hydrogen) atoms. The molecule has 212 valence electrons. The van der Waals surface area contributed by atoms with Crippen LogP contribution < -0.4 is 0 Å². The average Bonchev–Trinajstić information content (AvgIpc) is 3.21. The Balaban J connectivity index is 1.67. The Morgan fingerprint density at radius 2 is 1.81 bits per heavy atom. The highest BCUT2D eigenvalue weighted by Gasteiger charge is 2.42. The number of esters is 1. The van der Waals surface area contributed by atoms with Gasteiger partial charge < -0.3 is 28.8 Å². The summed E-state index contributed by atoms with van der Waals surface area (Å²) in [6.07, 6.45) is 20.7. The number of unbranched alkanes of at least 4 members (excludes halogenated alkanes) is 2. The number of rotatable bonds is 15. The van der Waals surface area contributed by atoms with Crippen molar-refractivity contribution in [2.24, 2.45) is 11.8 Å². The second kappa shape index (κ2) is 17.4. The maximum Gasteiger partial charge on any atom is 0.305 e. The van der Waals surface area contributed by atoms with Gasteiger partial charge in [-0.15, -0.1) is 0 Å². The topological polar surface area (TPSA) is 83.5 Å². The van der Waals surface area contributed by atoms with Crippen molar-refractivity contribution in [1.29, 1.82) is 0 Å². The minimum absolute atomic E-state index is 0.00442. The zero-order valence-corrected chi connectivity index (χ0v) is 23.1. The van der Waals surface area contributed by atoms with Crippen molar-refractivity contribution in [3.8, 4) is 0 Å². The van der Waals surface area contributed by atoms with Gasteiger partial charge in [0.05, 0.1) is 25.4 Å². The van der Waals surface area contributed by atoms with Crippen LogP contribution in [0.3, 0.4) is 0 Å². The van der Waals surface area contributed by atoms with Gasteiger partial charge >= 0.3 is 5.97 Å². The molecule has 0 aromatic heterocycles. The first-order chi connectivity index (χ1) is 18.1. The minimum Gasteiger partial charge on any atom is -0.469 e. The smallest absolute Gasteiger partial charge is 0.305 e. The lowest BCUT2D eigenvalue weighted by atomic mass is 9.89. The van der Waals surface area contributed by atoms with Crippen LogP contribution in [0.4, 0.5) is 0 Å². The van der Waals surface area contributed by atoms with Gasteiger partial charge in [0.15, 0.2) is 12.6 Å². The molecule has 0 aromatic carbocycles. The monoisotopic (exact) mass is 522 g/mol. The molecule has 1 aliphatic carbocycles. The maximum absolute atomic E-state index is 11.4. The Kier molecular flexibility index (Phi) is 14.2. The van der Waals surface area contributed by atoms with Crippen LogP contribution in [-0.2, 0) is 28.5 Å². The van der Waals surface area contributed by atoms with Crippen molar-refractivity contribution < 1.29 is 33.6 Å². The Morgan fingerprint density at radius 1 is 1.05 bits per heavy atom. The van der Waals surface area contributed by atoms with Crippen molar-refractivity contribution in [3.63, 3.8) is 0 Å². The molecule has 2 aliphatic heterocycles. The molecular formula is C30H50O7. The molecule has 7 nitrogen and oxygen atoms in total. The Hall–Kier alpha value is -1.25. The van der Waals surface area contributed by atoms with Crippen LogP contribution in [0.15, 0.2) is 24.3 Å². The van der Waals surface area contributed by atoms with Crippen LogP contribution >= 0.6 is 0 Å². The van der Waals surface area contributed by atoms with Gasteiger partial charge in [-0.3, -0.25) is 4.79 Å². The van der Waals surface area contributed by atoms with E-state index in [2.05, 4.69) is 25.2 Å².